The Morgan fingerprint density at radius 2 is 1.14 bits per heavy atom. The lowest BCUT2D eigenvalue weighted by molar-refractivity contribution is 1.09. The second kappa shape index (κ2) is 275. The molecule has 0 heterocycles. The van der Waals surface area contributed by atoms with Gasteiger partial charge in [0.05, 0.1) is 0 Å². The Bertz CT molecular complexity index is 8.14. The molecule has 0 amide bonds. The highest BCUT2D eigenvalue weighted by Crippen LogP contribution is 1.56. The van der Waals surface area contributed by atoms with Crippen molar-refractivity contribution >= 4 is 6.72 Å². The summed E-state index contributed by atoms with van der Waals surface area (Å²) in [6.07, 6.45) is 1.25. The molecule has 1 nitrogen and oxygen atoms in total. The first-order valence-corrected chi connectivity index (χ1v) is 2.77. The van der Waals surface area contributed by atoms with Crippen molar-refractivity contribution in [1.29, 1.82) is 5.41 Å². The van der Waals surface area contributed by atoms with Crippen LogP contribution in [0.2, 0.25) is 0 Å². The van der Waals surface area contributed by atoms with Gasteiger partial charge < -0.3 is 5.41 Å². The molecule has 0 rings (SSSR count). The Kier molecular flexibility index (Phi) is 627. The van der Waals surface area contributed by atoms with Crippen molar-refractivity contribution in [1.82, 2.24) is 0 Å². The van der Waals surface area contributed by atoms with E-state index >= 15 is 0 Å². The van der Waals surface area contributed by atoms with Crippen LogP contribution in [0, 0.1) is 5.41 Å². The van der Waals surface area contributed by atoms with Crippen LogP contribution in [0.15, 0.2) is 0 Å². The zero-order valence-electron chi connectivity index (χ0n) is 5.91. The van der Waals surface area contributed by atoms with Crippen molar-refractivity contribution in [2.45, 2.75) is 34.1 Å². The molecule has 0 aromatic carbocycles. The molecule has 7 heavy (non-hydrogen) atoms. The van der Waals surface area contributed by atoms with Crippen LogP contribution in [-0.4, -0.2) is 6.72 Å². The molecule has 1 N–H and O–H groups in total. The maximum atomic E-state index is 5.50. The normalized spacial score (nSPS) is 4.00. The fourth-order valence-electron chi connectivity index (χ4n) is 0. The van der Waals surface area contributed by atoms with Gasteiger partial charge in [-0.1, -0.05) is 34.1 Å². The van der Waals surface area contributed by atoms with Crippen LogP contribution in [0.3, 0.4) is 0 Å². The summed E-state index contributed by atoms with van der Waals surface area (Å²) < 4.78 is 0. The topological polar surface area (TPSA) is 23.9 Å². The van der Waals surface area contributed by atoms with Gasteiger partial charge in [-0.25, -0.2) is 0 Å². The molecular weight excluding hydrogens is 86.1 g/mol. The van der Waals surface area contributed by atoms with E-state index in [4.69, 9.17) is 5.41 Å². The van der Waals surface area contributed by atoms with Crippen molar-refractivity contribution in [2.24, 2.45) is 0 Å². The quantitative estimate of drug-likeness (QED) is 0.456. The van der Waals surface area contributed by atoms with E-state index in [9.17, 15) is 0 Å². The van der Waals surface area contributed by atoms with Crippen LogP contribution in [0.4, 0.5) is 0 Å². The third kappa shape index (κ3) is 701. The number of hydrogen-bond donors (Lipinski definition) is 1. The lowest BCUT2D eigenvalue weighted by Crippen LogP contribution is -1.27. The molecule has 0 saturated heterocycles. The summed E-state index contributed by atoms with van der Waals surface area (Å²) in [7, 11) is 0. The molecule has 0 aliphatic carbocycles. The summed E-state index contributed by atoms with van der Waals surface area (Å²) in [5, 5.41) is 5.50. The maximum Gasteiger partial charge on any atom is -0.0187 e. The summed E-state index contributed by atoms with van der Waals surface area (Å²) in [5.74, 6) is 0. The molecule has 0 saturated carbocycles. The average Bonchev–Trinajstić information content (AvgIpc) is 1.78. The van der Waals surface area contributed by atoms with Crippen LogP contribution >= 0.6 is 0 Å². The first-order valence-electron chi connectivity index (χ1n) is 2.77. The largest absolute Gasteiger partial charge is 0.317 e. The molecule has 0 spiro atoms. The SMILES string of the molecule is C=N.CC.CCC. The zero-order valence-corrected chi connectivity index (χ0v) is 5.91. The standard InChI is InChI=1S/C3H8.C2H6.CH3N/c1-3-2;2*1-2/h3H2,1-2H3;1-2H3;2H,1H2. The van der Waals surface area contributed by atoms with E-state index in [-0.39, 0.29) is 0 Å². The minimum atomic E-state index is 1.25. The van der Waals surface area contributed by atoms with E-state index < -0.39 is 0 Å². The van der Waals surface area contributed by atoms with Crippen molar-refractivity contribution < 1.29 is 0 Å². The predicted octanol–water partition coefficient (Wildman–Crippen LogP) is 2.71. The summed E-state index contributed by atoms with van der Waals surface area (Å²) in [5.41, 5.74) is 0. The Hall–Kier alpha value is -0.330. The Labute approximate surface area is 47.3 Å². The van der Waals surface area contributed by atoms with Gasteiger partial charge in [0.15, 0.2) is 0 Å². The van der Waals surface area contributed by atoms with Gasteiger partial charge in [0, 0.05) is 0 Å². The van der Waals surface area contributed by atoms with Gasteiger partial charge >= 0.3 is 0 Å². The predicted molar refractivity (Wildman–Crippen MR) is 37.2 cm³/mol. The molecule has 0 atom stereocenters. The van der Waals surface area contributed by atoms with Gasteiger partial charge in [-0.05, 0) is 6.72 Å². The van der Waals surface area contributed by atoms with Crippen molar-refractivity contribution in [3.05, 3.63) is 0 Å². The number of hydrogen-bond acceptors (Lipinski definition) is 1. The summed E-state index contributed by atoms with van der Waals surface area (Å²) in [4.78, 5) is 0. The van der Waals surface area contributed by atoms with Crippen molar-refractivity contribution in [3.63, 3.8) is 0 Å². The Balaban J connectivity index is -0.0000000360. The lowest BCUT2D eigenvalue weighted by atomic mass is 10.6. The fraction of sp³-hybridized carbons (Fsp3) is 0.833. The molecule has 0 bridgehead atoms. The van der Waals surface area contributed by atoms with E-state index in [1.807, 2.05) is 13.8 Å². The highest BCUT2D eigenvalue weighted by molar-refractivity contribution is 5.15. The third-order valence-electron chi connectivity index (χ3n) is 0. The summed E-state index contributed by atoms with van der Waals surface area (Å²) in [6, 6.07) is 0. The van der Waals surface area contributed by atoms with E-state index in [1.165, 1.54) is 6.42 Å². The minimum absolute atomic E-state index is 1.25. The van der Waals surface area contributed by atoms with Gasteiger partial charge in [-0.15, -0.1) is 0 Å². The van der Waals surface area contributed by atoms with Crippen LogP contribution in [0.1, 0.15) is 34.1 Å². The molecule has 0 aliphatic heterocycles. The van der Waals surface area contributed by atoms with Crippen molar-refractivity contribution in [3.8, 4) is 0 Å². The van der Waals surface area contributed by atoms with Crippen LogP contribution < -0.4 is 0 Å². The Morgan fingerprint density at radius 1 is 1.14 bits per heavy atom. The van der Waals surface area contributed by atoms with E-state index in [0.29, 0.717) is 0 Å². The fourth-order valence-corrected chi connectivity index (χ4v) is 0. The second-order valence-electron chi connectivity index (χ2n) is 0.707. The van der Waals surface area contributed by atoms with Gasteiger partial charge in [0.2, 0.25) is 0 Å². The highest BCUT2D eigenvalue weighted by Gasteiger charge is 1.35. The molecule has 0 aliphatic rings. The first kappa shape index (κ1) is 15.9. The molecule has 1 heteroatoms. The highest BCUT2D eigenvalue weighted by atomic mass is 14.2. The molecule has 0 radical (unpaired) electrons. The minimum Gasteiger partial charge on any atom is -0.317 e. The molecule has 46 valence electrons. The average molecular weight is 103 g/mol. The molecule has 0 unspecified atom stereocenters. The van der Waals surface area contributed by atoms with Gasteiger partial charge in [-0.2, -0.15) is 0 Å². The smallest absolute Gasteiger partial charge is 0.0187 e. The van der Waals surface area contributed by atoms with E-state index in [1.54, 1.807) is 0 Å². The summed E-state index contributed by atoms with van der Waals surface area (Å²) in [6.45, 7) is 10.8. The molecule has 0 aromatic rings. The second-order valence-corrected chi connectivity index (χ2v) is 0.707. The van der Waals surface area contributed by atoms with Crippen LogP contribution in [0.5, 0.6) is 0 Å². The molecular formula is C6H17N. The van der Waals surface area contributed by atoms with Crippen LogP contribution in [0.25, 0.3) is 0 Å². The Morgan fingerprint density at radius 3 is 1.14 bits per heavy atom. The number of nitrogens with one attached hydrogen (secondary N) is 1. The summed E-state index contributed by atoms with van der Waals surface area (Å²) >= 11 is 0. The van der Waals surface area contributed by atoms with Gasteiger partial charge in [0.1, 0.15) is 0 Å². The van der Waals surface area contributed by atoms with Gasteiger partial charge in [-0.3, -0.25) is 0 Å². The lowest BCUT2D eigenvalue weighted by Gasteiger charge is -1.48. The van der Waals surface area contributed by atoms with Gasteiger partial charge in [0.25, 0.3) is 0 Å². The zero-order chi connectivity index (χ0) is 6.71. The monoisotopic (exact) mass is 103 g/mol. The molecule has 0 aromatic heterocycles. The van der Waals surface area contributed by atoms with Crippen LogP contribution in [-0.2, 0) is 0 Å². The van der Waals surface area contributed by atoms with Crippen molar-refractivity contribution in [2.75, 3.05) is 0 Å². The van der Waals surface area contributed by atoms with E-state index in [0.717, 1.165) is 0 Å². The van der Waals surface area contributed by atoms with E-state index in [2.05, 4.69) is 20.6 Å². The molecule has 0 fully saturated rings. The maximum absolute atomic E-state index is 5.50. The number of rotatable bonds is 0. The third-order valence-corrected chi connectivity index (χ3v) is 0. The first-order chi connectivity index (χ1) is 3.41.